The minimum Gasteiger partial charge on any atom is -0.507 e. The highest BCUT2D eigenvalue weighted by molar-refractivity contribution is 6.05. The molecule has 0 aromatic heterocycles. The van der Waals surface area contributed by atoms with Crippen molar-refractivity contribution in [3.05, 3.63) is 167 Å². The van der Waals surface area contributed by atoms with Gasteiger partial charge in [-0.05, 0) is 46.5 Å². The van der Waals surface area contributed by atoms with Gasteiger partial charge in [-0.1, -0.05) is 97.1 Å². The van der Waals surface area contributed by atoms with E-state index in [0.717, 1.165) is 28.8 Å². The van der Waals surface area contributed by atoms with Gasteiger partial charge in [-0.15, -0.1) is 0 Å². The molecule has 0 fully saturated rings. The van der Waals surface area contributed by atoms with E-state index in [0.29, 0.717) is 0 Å². The van der Waals surface area contributed by atoms with E-state index in [9.17, 15) is 30.0 Å². The first kappa shape index (κ1) is 35.4. The first-order chi connectivity index (χ1) is 26.2. The number of Topliss-reactive ketones (excluding diaryl/α,β-unsaturated/α-hetero) is 1. The van der Waals surface area contributed by atoms with Gasteiger partial charge >= 0.3 is 5.97 Å². The van der Waals surface area contributed by atoms with E-state index in [4.69, 9.17) is 23.7 Å². The number of phenols is 3. The summed E-state index contributed by atoms with van der Waals surface area (Å²) in [5.41, 5.74) is 2.53. The number of phenolic OH excluding ortho intramolecular Hbond substituents is 3. The van der Waals surface area contributed by atoms with Crippen molar-refractivity contribution >= 4 is 11.8 Å². The molecule has 1 heterocycles. The molecule has 2 atom stereocenters. The minimum absolute atomic E-state index is 0.0234. The maximum Gasteiger partial charge on any atom is 0.343 e. The lowest BCUT2D eigenvalue weighted by Crippen LogP contribution is -2.36. The normalized spacial score (nSPS) is 14.7. The number of aliphatic hydroxyl groups is 1. The molecule has 0 unspecified atom stereocenters. The van der Waals surface area contributed by atoms with Crippen LogP contribution in [0.15, 0.2) is 133 Å². The number of hydrogen-bond donors (Lipinski definition) is 4. The summed E-state index contributed by atoms with van der Waals surface area (Å²) in [4.78, 5) is 27.0. The van der Waals surface area contributed by atoms with Gasteiger partial charge in [0.1, 0.15) is 42.6 Å². The molecule has 6 aromatic carbocycles. The second-order valence-electron chi connectivity index (χ2n) is 12.4. The molecule has 1 aliphatic rings. The van der Waals surface area contributed by atoms with Crippen LogP contribution in [0.5, 0.6) is 46.0 Å². The van der Waals surface area contributed by atoms with Crippen LogP contribution >= 0.6 is 0 Å². The fourth-order valence-corrected chi connectivity index (χ4v) is 5.85. The van der Waals surface area contributed by atoms with E-state index < -0.39 is 41.2 Å². The Labute approximate surface area is 309 Å². The average Bonchev–Trinajstić information content (AvgIpc) is 3.19. The van der Waals surface area contributed by atoms with Crippen molar-refractivity contribution in [3.8, 4) is 46.0 Å². The van der Waals surface area contributed by atoms with Gasteiger partial charge in [-0.25, -0.2) is 4.79 Å². The van der Waals surface area contributed by atoms with Gasteiger partial charge in [-0.3, -0.25) is 4.79 Å². The maximum absolute atomic E-state index is 13.9. The van der Waals surface area contributed by atoms with Crippen molar-refractivity contribution in [3.63, 3.8) is 0 Å². The van der Waals surface area contributed by atoms with E-state index in [2.05, 4.69) is 0 Å². The number of rotatable bonds is 12. The molecule has 0 bridgehead atoms. The molecule has 0 aliphatic carbocycles. The van der Waals surface area contributed by atoms with E-state index in [1.165, 1.54) is 30.3 Å². The summed E-state index contributed by atoms with van der Waals surface area (Å²) in [6.45, 7) is 0.477. The van der Waals surface area contributed by atoms with Crippen molar-refractivity contribution in [1.82, 2.24) is 0 Å². The number of ketones is 1. The molecule has 7 rings (SSSR count). The summed E-state index contributed by atoms with van der Waals surface area (Å²) >= 11 is 0. The summed E-state index contributed by atoms with van der Waals surface area (Å²) in [6, 6.07) is 37.4. The Balaban J connectivity index is 1.22. The molecule has 1 aliphatic heterocycles. The Bertz CT molecular complexity index is 2210. The van der Waals surface area contributed by atoms with Crippen molar-refractivity contribution in [1.29, 1.82) is 0 Å². The third-order valence-electron chi connectivity index (χ3n) is 8.61. The predicted octanol–water partition coefficient (Wildman–Crippen LogP) is 7.44. The number of benzene rings is 6. The molecule has 0 saturated carbocycles. The highest BCUT2D eigenvalue weighted by Crippen LogP contribution is 2.44. The van der Waals surface area contributed by atoms with E-state index in [-0.39, 0.29) is 65.3 Å². The van der Waals surface area contributed by atoms with Crippen molar-refractivity contribution in [2.45, 2.75) is 32.0 Å². The van der Waals surface area contributed by atoms with Crippen LogP contribution in [0.25, 0.3) is 0 Å². The van der Waals surface area contributed by atoms with Crippen molar-refractivity contribution in [2.24, 2.45) is 0 Å². The van der Waals surface area contributed by atoms with Crippen molar-refractivity contribution in [2.75, 3.05) is 0 Å². The van der Waals surface area contributed by atoms with Crippen molar-refractivity contribution < 1.29 is 53.7 Å². The van der Waals surface area contributed by atoms with E-state index in [1.807, 2.05) is 91.0 Å². The molecule has 4 N–H and O–H groups in total. The lowest BCUT2D eigenvalue weighted by atomic mass is 9.92. The van der Waals surface area contributed by atoms with E-state index in [1.54, 1.807) is 0 Å². The van der Waals surface area contributed by atoms with E-state index >= 15 is 0 Å². The van der Waals surface area contributed by atoms with Gasteiger partial charge in [-0.2, -0.15) is 0 Å². The number of esters is 1. The summed E-state index contributed by atoms with van der Waals surface area (Å²) in [6.07, 6.45) is -3.05. The second kappa shape index (κ2) is 15.7. The largest absolute Gasteiger partial charge is 0.507 e. The fraction of sp³-hybridized carbons (Fsp3) is 0.116. The van der Waals surface area contributed by atoms with Crippen LogP contribution in [0, 0.1) is 0 Å². The second-order valence-corrected chi connectivity index (χ2v) is 12.4. The Morgan fingerprint density at radius 2 is 1.15 bits per heavy atom. The Morgan fingerprint density at radius 1 is 0.611 bits per heavy atom. The molecule has 54 heavy (non-hydrogen) atoms. The summed E-state index contributed by atoms with van der Waals surface area (Å²) in [7, 11) is 0. The molecule has 6 aromatic rings. The number of hydrogen-bond acceptors (Lipinski definition) is 11. The summed E-state index contributed by atoms with van der Waals surface area (Å²) in [5.74, 6) is -2.84. The molecule has 0 amide bonds. The predicted molar refractivity (Wildman–Crippen MR) is 195 cm³/mol. The Kier molecular flexibility index (Phi) is 10.3. The SMILES string of the molecule is O=C(Oc1cc(O)c2c(c1)O[C@H](c1ccc(O)c(O)c1)[C@@H](O)C2=O)c1cc(OCc2ccccc2)c(OCc2ccccc2)c(OCc2ccccc2)c1. The molecule has 272 valence electrons. The number of aliphatic hydroxyl groups excluding tert-OH is 1. The first-order valence-electron chi connectivity index (χ1n) is 16.9. The zero-order chi connectivity index (χ0) is 37.6. The molecule has 11 nitrogen and oxygen atoms in total. The van der Waals surface area contributed by atoms with Crippen LogP contribution < -0.4 is 23.7 Å². The highest BCUT2D eigenvalue weighted by atomic mass is 16.6. The monoisotopic (exact) mass is 726 g/mol. The molecule has 0 saturated heterocycles. The van der Waals surface area contributed by atoms with Gasteiger partial charge in [0.15, 0.2) is 35.2 Å². The molecular weight excluding hydrogens is 692 g/mol. The fourth-order valence-electron chi connectivity index (χ4n) is 5.85. The number of aromatic hydroxyl groups is 3. The van der Waals surface area contributed by atoms with Crippen LogP contribution in [0.1, 0.15) is 49.1 Å². The Hall–Kier alpha value is -6.98. The zero-order valence-electron chi connectivity index (χ0n) is 28.6. The van der Waals surface area contributed by atoms with Crippen LogP contribution in [0.4, 0.5) is 0 Å². The number of fused-ring (bicyclic) bond motifs is 1. The van der Waals surface area contributed by atoms with Gasteiger partial charge in [0, 0.05) is 12.1 Å². The van der Waals surface area contributed by atoms with Crippen LogP contribution in [-0.4, -0.2) is 38.3 Å². The third-order valence-corrected chi connectivity index (χ3v) is 8.61. The lowest BCUT2D eigenvalue weighted by molar-refractivity contribution is 0.0210. The number of ether oxygens (including phenoxy) is 5. The smallest absolute Gasteiger partial charge is 0.343 e. The number of carbonyl (C=O) groups is 2. The molecule has 0 spiro atoms. The number of carbonyl (C=O) groups excluding carboxylic acids is 2. The lowest BCUT2D eigenvalue weighted by Gasteiger charge is -2.30. The zero-order valence-corrected chi connectivity index (χ0v) is 28.6. The Morgan fingerprint density at radius 3 is 1.69 bits per heavy atom. The molecule has 11 heteroatoms. The maximum atomic E-state index is 13.9. The van der Waals surface area contributed by atoms with Gasteiger partial charge in [0.2, 0.25) is 11.5 Å². The van der Waals surface area contributed by atoms with Gasteiger partial charge in [0.25, 0.3) is 0 Å². The average molecular weight is 727 g/mol. The molecule has 0 radical (unpaired) electrons. The summed E-state index contributed by atoms with van der Waals surface area (Å²) < 4.78 is 30.4. The topological polar surface area (TPSA) is 161 Å². The minimum atomic E-state index is -1.74. The van der Waals surface area contributed by atoms with Crippen LogP contribution in [-0.2, 0) is 19.8 Å². The van der Waals surface area contributed by atoms with Crippen LogP contribution in [0.2, 0.25) is 0 Å². The van der Waals surface area contributed by atoms with Crippen LogP contribution in [0.3, 0.4) is 0 Å². The standard InChI is InChI=1S/C43H34O11/c44-32-17-16-29(18-33(32)45)41-40(48)39(47)38-34(46)21-31(22-35(38)54-41)53-43(49)30-19-36(50-23-26-10-4-1-5-11-26)42(52-25-28-14-8-3-9-15-28)37(20-30)51-24-27-12-6-2-7-13-27/h1-22,40-41,44-46,48H,23-25H2/t40-,41+/m0/s1. The van der Waals surface area contributed by atoms with Gasteiger partial charge < -0.3 is 44.1 Å². The quantitative estimate of drug-likeness (QED) is 0.0564. The highest BCUT2D eigenvalue weighted by Gasteiger charge is 2.39. The van der Waals surface area contributed by atoms with Gasteiger partial charge in [0.05, 0.1) is 5.56 Å². The summed E-state index contributed by atoms with van der Waals surface area (Å²) in [5, 5.41) is 41.3. The first-order valence-corrected chi connectivity index (χ1v) is 16.9. The molecular formula is C43H34O11. The third kappa shape index (κ3) is 7.91.